The molecule has 0 spiro atoms. The molecule has 0 saturated heterocycles. The molecule has 0 aliphatic carbocycles. The van der Waals surface area contributed by atoms with E-state index in [4.69, 9.17) is 15.5 Å². The number of phosphoric ester groups is 1. The maximum absolute atomic E-state index is 15.9. The summed E-state index contributed by atoms with van der Waals surface area (Å²) in [6.07, 6.45) is 1.22. The Kier molecular flexibility index (Phi) is 8.33. The second-order valence-corrected chi connectivity index (χ2v) is 12.2. The summed E-state index contributed by atoms with van der Waals surface area (Å²) in [5.41, 5.74) is 2.90. The van der Waals surface area contributed by atoms with Crippen molar-refractivity contribution in [3.8, 4) is 0 Å². The second kappa shape index (κ2) is 9.86. The van der Waals surface area contributed by atoms with E-state index >= 15 is 4.39 Å². The number of hydrogen-bond acceptors (Lipinski definition) is 10. The zero-order valence-corrected chi connectivity index (χ0v) is 21.0. The fraction of sp³-hybridized carbons (Fsp3) is 0.643. The van der Waals surface area contributed by atoms with Gasteiger partial charge in [0, 0.05) is 0 Å². The molecule has 34 heavy (non-hydrogen) atoms. The van der Waals surface area contributed by atoms with Gasteiger partial charge in [0.1, 0.15) is 5.67 Å². The van der Waals surface area contributed by atoms with Gasteiger partial charge in [-0.05, 0) is 25.7 Å². The Morgan fingerprint density at radius 1 is 1.18 bits per heavy atom. The van der Waals surface area contributed by atoms with Crippen LogP contribution in [-0.2, 0) is 26.8 Å². The first-order valence-electron chi connectivity index (χ1n) is 9.45. The van der Waals surface area contributed by atoms with Crippen molar-refractivity contribution >= 4 is 40.6 Å². The molecule has 2 aromatic rings. The molecule has 0 amide bonds. The van der Waals surface area contributed by atoms with Crippen LogP contribution < -0.4 is 11.3 Å². The zero-order chi connectivity index (χ0) is 26.3. The van der Waals surface area contributed by atoms with E-state index in [1.165, 1.54) is 38.6 Å². The molecule has 6 atom stereocenters. The van der Waals surface area contributed by atoms with E-state index in [0.717, 1.165) is 0 Å². The van der Waals surface area contributed by atoms with Crippen molar-refractivity contribution in [2.75, 3.05) is 12.3 Å². The van der Waals surface area contributed by atoms with Gasteiger partial charge in [-0.1, -0.05) is 13.8 Å². The number of fused-ring (bicyclic) bond motifs is 1. The van der Waals surface area contributed by atoms with Crippen LogP contribution >= 0.6 is 23.5 Å². The predicted octanol–water partition coefficient (Wildman–Crippen LogP) is 1.61. The third-order valence-corrected chi connectivity index (χ3v) is 9.15. The van der Waals surface area contributed by atoms with Gasteiger partial charge in [0.15, 0.2) is 11.2 Å². The van der Waals surface area contributed by atoms with Crippen LogP contribution in [0.3, 0.4) is 0 Å². The van der Waals surface area contributed by atoms with Crippen LogP contribution in [0.25, 0.3) is 11.2 Å². The largest absolute Gasteiger partial charge is 0.490 e. The summed E-state index contributed by atoms with van der Waals surface area (Å²) in [6.45, 7) is 4.99. The first kappa shape index (κ1) is 28.7. The number of nitrogen functional groups attached to an aromatic ring is 1. The molecule has 2 heterocycles. The third-order valence-electron chi connectivity index (χ3n) is 5.35. The zero-order valence-electron chi connectivity index (χ0n) is 18.3. The number of phosphoric acid groups is 3. The number of anilines is 1. The smallest absolute Gasteiger partial charge is 0.369 e. The molecule has 0 bridgehead atoms. The molecule has 0 saturated carbocycles. The normalized spacial score (nSPS) is 20.7. The van der Waals surface area contributed by atoms with Gasteiger partial charge in [0.05, 0.1) is 19.0 Å². The number of aromatic nitrogens is 4. The topological polar surface area (TPSA) is 249 Å². The number of halogens is 1. The first-order chi connectivity index (χ1) is 15.3. The minimum atomic E-state index is -5.66. The molecule has 16 nitrogen and oxygen atoms in total. The summed E-state index contributed by atoms with van der Waals surface area (Å²) in [5, 5.41) is 0. The Bertz CT molecular complexity index is 1240. The molecule has 0 fully saturated rings. The summed E-state index contributed by atoms with van der Waals surface area (Å²) in [7, 11) is -16.5. The molecule has 0 aliphatic heterocycles. The molecule has 20 heteroatoms. The lowest BCUT2D eigenvalue weighted by Gasteiger charge is -2.37. The predicted molar refractivity (Wildman–Crippen MR) is 115 cm³/mol. The fourth-order valence-corrected chi connectivity index (χ4v) is 6.21. The number of nitrogens with two attached hydrogens (primary N) is 1. The minimum Gasteiger partial charge on any atom is -0.369 e. The SMILES string of the molecule is CC([C@H](C)COP(=O)(O)OP(=O)(O)OP(=O)(O)O)C(C)(F)[C@@H](C)n1cnc2c(=O)[nH]c(N)nc21. The van der Waals surface area contributed by atoms with E-state index < -0.39 is 59.2 Å². The molecule has 0 aliphatic rings. The van der Waals surface area contributed by atoms with E-state index in [1.54, 1.807) is 0 Å². The molecule has 0 radical (unpaired) electrons. The summed E-state index contributed by atoms with van der Waals surface area (Å²) >= 11 is 0. The molecule has 0 aromatic carbocycles. The maximum atomic E-state index is 15.9. The number of hydrogen-bond donors (Lipinski definition) is 6. The number of nitrogens with one attached hydrogen (secondary N) is 1. The number of nitrogens with zero attached hydrogens (tertiary/aromatic N) is 3. The van der Waals surface area contributed by atoms with E-state index in [1.807, 2.05) is 0 Å². The van der Waals surface area contributed by atoms with Gasteiger partial charge in [-0.25, -0.2) is 23.1 Å². The Labute approximate surface area is 191 Å². The van der Waals surface area contributed by atoms with Crippen LogP contribution in [0.15, 0.2) is 11.1 Å². The van der Waals surface area contributed by atoms with Crippen LogP contribution in [0.2, 0.25) is 0 Å². The van der Waals surface area contributed by atoms with Gasteiger partial charge in [-0.15, -0.1) is 0 Å². The van der Waals surface area contributed by atoms with Crippen molar-refractivity contribution < 1.29 is 50.8 Å². The van der Waals surface area contributed by atoms with Crippen LogP contribution in [0.5, 0.6) is 0 Å². The van der Waals surface area contributed by atoms with Gasteiger partial charge >= 0.3 is 23.5 Å². The highest BCUT2D eigenvalue weighted by atomic mass is 31.3. The molecule has 7 N–H and O–H groups in total. The van der Waals surface area contributed by atoms with Crippen molar-refractivity contribution in [1.29, 1.82) is 0 Å². The van der Waals surface area contributed by atoms with Gasteiger partial charge < -0.3 is 29.9 Å². The van der Waals surface area contributed by atoms with Gasteiger partial charge in [0.25, 0.3) is 5.56 Å². The van der Waals surface area contributed by atoms with Gasteiger partial charge in [-0.3, -0.25) is 14.3 Å². The van der Waals surface area contributed by atoms with Crippen molar-refractivity contribution in [3.05, 3.63) is 16.7 Å². The Hall–Kier alpha value is -1.51. The van der Waals surface area contributed by atoms with Crippen LogP contribution in [0.4, 0.5) is 10.3 Å². The molecule has 194 valence electrons. The molecule has 2 aromatic heterocycles. The van der Waals surface area contributed by atoms with Crippen LogP contribution in [-0.4, -0.2) is 51.4 Å². The maximum Gasteiger partial charge on any atom is 0.490 e. The highest BCUT2D eigenvalue weighted by Crippen LogP contribution is 2.66. The minimum absolute atomic E-state index is 0.0470. The Morgan fingerprint density at radius 2 is 1.76 bits per heavy atom. The van der Waals surface area contributed by atoms with E-state index in [-0.39, 0.29) is 17.1 Å². The summed E-state index contributed by atoms with van der Waals surface area (Å²) in [5.74, 6) is -1.89. The lowest BCUT2D eigenvalue weighted by molar-refractivity contribution is 0.0140. The van der Waals surface area contributed by atoms with Crippen molar-refractivity contribution in [2.24, 2.45) is 11.8 Å². The number of H-pyrrole nitrogens is 1. The summed E-state index contributed by atoms with van der Waals surface area (Å²) < 4.78 is 63.1. The van der Waals surface area contributed by atoms with E-state index in [0.29, 0.717) is 0 Å². The van der Waals surface area contributed by atoms with Crippen molar-refractivity contribution in [3.63, 3.8) is 0 Å². The number of alkyl halides is 1. The summed E-state index contributed by atoms with van der Waals surface area (Å²) in [6, 6.07) is -0.963. The third kappa shape index (κ3) is 7.01. The number of imidazole rings is 1. The summed E-state index contributed by atoms with van der Waals surface area (Å²) in [4.78, 5) is 58.0. The standard InChI is InChI=1S/C14H25FN5O11P3/c1-7(5-29-33(25,26)31-34(27,28)30-32(22,23)24)8(2)14(4,15)9(3)20-6-17-10-11(20)18-13(16)19-12(10)21/h6-9H,5H2,1-4H3,(H,25,26)(H,27,28)(H2,22,23,24)(H3,16,18,19,21)/t7-,8?,9-,14?/m1/s1. The van der Waals surface area contributed by atoms with Crippen molar-refractivity contribution in [1.82, 2.24) is 19.5 Å². The number of rotatable bonds is 11. The van der Waals surface area contributed by atoms with Gasteiger partial charge in [0.2, 0.25) is 5.95 Å². The average Bonchev–Trinajstić information content (AvgIpc) is 3.05. The number of aromatic amines is 1. The Balaban J connectivity index is 2.14. The van der Waals surface area contributed by atoms with Crippen LogP contribution in [0.1, 0.15) is 33.7 Å². The van der Waals surface area contributed by atoms with Crippen molar-refractivity contribution in [2.45, 2.75) is 39.4 Å². The molecule has 2 rings (SSSR count). The highest BCUT2D eigenvalue weighted by Gasteiger charge is 2.44. The monoisotopic (exact) mass is 551 g/mol. The highest BCUT2D eigenvalue weighted by molar-refractivity contribution is 7.66. The van der Waals surface area contributed by atoms with E-state index in [2.05, 4.69) is 28.1 Å². The quantitative estimate of drug-likeness (QED) is 0.217. The molecule has 4 unspecified atom stereocenters. The average molecular weight is 551 g/mol. The lowest BCUT2D eigenvalue weighted by atomic mass is 9.79. The van der Waals surface area contributed by atoms with E-state index in [9.17, 15) is 28.3 Å². The van der Waals surface area contributed by atoms with Crippen LogP contribution in [0, 0.1) is 11.8 Å². The molecular weight excluding hydrogens is 526 g/mol. The molecular formula is C14H25FN5O11P3. The second-order valence-electron chi connectivity index (χ2n) is 7.76. The Morgan fingerprint density at radius 3 is 2.32 bits per heavy atom. The first-order valence-corrected chi connectivity index (χ1v) is 14.0. The van der Waals surface area contributed by atoms with Gasteiger partial charge in [-0.2, -0.15) is 13.6 Å². The fourth-order valence-electron chi connectivity index (χ4n) is 3.09. The lowest BCUT2D eigenvalue weighted by Crippen LogP contribution is -2.40.